The van der Waals surface area contributed by atoms with Crippen molar-refractivity contribution >= 4 is 40.8 Å². The number of hydrogen-bond donors (Lipinski definition) is 0. The highest BCUT2D eigenvalue weighted by molar-refractivity contribution is 7.07. The summed E-state index contributed by atoms with van der Waals surface area (Å²) in [6.07, 6.45) is 5.25. The van der Waals surface area contributed by atoms with Crippen LogP contribution >= 0.6 is 34.5 Å². The number of aromatic nitrogens is 2. The average molecular weight is 377 g/mol. The van der Waals surface area contributed by atoms with Gasteiger partial charge in [0.2, 0.25) is 4.80 Å². The van der Waals surface area contributed by atoms with Gasteiger partial charge in [0.1, 0.15) is 0 Å². The van der Waals surface area contributed by atoms with Crippen LogP contribution in [-0.4, -0.2) is 22.4 Å². The third-order valence-electron chi connectivity index (χ3n) is 3.20. The maximum Gasteiger partial charge on any atom is 0.206 e. The average Bonchev–Trinajstić information content (AvgIpc) is 2.99. The van der Waals surface area contributed by atoms with Crippen molar-refractivity contribution in [3.05, 3.63) is 68.5 Å². The van der Waals surface area contributed by atoms with Crippen molar-refractivity contribution in [1.82, 2.24) is 9.66 Å². The Labute approximate surface area is 153 Å². The van der Waals surface area contributed by atoms with Gasteiger partial charge in [0.15, 0.2) is 0 Å². The molecule has 122 valence electrons. The third kappa shape index (κ3) is 3.75. The quantitative estimate of drug-likeness (QED) is 0.607. The number of thiazole rings is 1. The van der Waals surface area contributed by atoms with Gasteiger partial charge in [0.05, 0.1) is 22.0 Å². The summed E-state index contributed by atoms with van der Waals surface area (Å²) >= 11 is 13.7. The van der Waals surface area contributed by atoms with E-state index in [1.54, 1.807) is 29.4 Å². The molecule has 1 aromatic carbocycles. The number of nitrogens with zero attached hydrogens (tertiary/aromatic N) is 4. The summed E-state index contributed by atoms with van der Waals surface area (Å²) in [5, 5.41) is 7.62. The number of pyridine rings is 1. The number of benzene rings is 1. The van der Waals surface area contributed by atoms with Crippen LogP contribution < -0.4 is 4.80 Å². The SMILES string of the molecule is CCN=c1scc(-c2ccc(Cl)c(Cl)c2)n1/N=C\c1cccnc1. The van der Waals surface area contributed by atoms with E-state index in [9.17, 15) is 0 Å². The number of hydrogen-bond acceptors (Lipinski definition) is 4. The van der Waals surface area contributed by atoms with Gasteiger partial charge in [-0.2, -0.15) is 5.10 Å². The van der Waals surface area contributed by atoms with Gasteiger partial charge in [0.25, 0.3) is 0 Å². The fraction of sp³-hybridized carbons (Fsp3) is 0.118. The molecule has 0 N–H and O–H groups in total. The molecule has 0 atom stereocenters. The lowest BCUT2D eigenvalue weighted by Gasteiger charge is -2.05. The molecule has 0 saturated heterocycles. The van der Waals surface area contributed by atoms with Crippen LogP contribution in [0.2, 0.25) is 10.0 Å². The topological polar surface area (TPSA) is 42.5 Å². The summed E-state index contributed by atoms with van der Waals surface area (Å²) in [5.41, 5.74) is 2.76. The van der Waals surface area contributed by atoms with Crippen molar-refractivity contribution < 1.29 is 0 Å². The summed E-state index contributed by atoms with van der Waals surface area (Å²) in [4.78, 5) is 9.41. The van der Waals surface area contributed by atoms with Crippen LogP contribution in [0.25, 0.3) is 11.3 Å². The molecule has 2 aromatic heterocycles. The minimum atomic E-state index is 0.511. The zero-order valence-electron chi connectivity index (χ0n) is 12.9. The molecule has 3 rings (SSSR count). The first-order valence-corrected chi connectivity index (χ1v) is 8.93. The van der Waals surface area contributed by atoms with Crippen molar-refractivity contribution in [2.24, 2.45) is 10.1 Å². The molecule has 0 radical (unpaired) electrons. The molecule has 3 aromatic rings. The largest absolute Gasteiger partial charge is 0.264 e. The van der Waals surface area contributed by atoms with E-state index in [1.165, 1.54) is 11.3 Å². The van der Waals surface area contributed by atoms with Crippen molar-refractivity contribution in [1.29, 1.82) is 0 Å². The summed E-state index contributed by atoms with van der Waals surface area (Å²) in [6, 6.07) is 9.35. The lowest BCUT2D eigenvalue weighted by Crippen LogP contribution is -2.12. The maximum atomic E-state index is 6.15. The van der Waals surface area contributed by atoms with E-state index in [2.05, 4.69) is 15.1 Å². The van der Waals surface area contributed by atoms with Gasteiger partial charge < -0.3 is 0 Å². The Hall–Kier alpha value is -1.95. The molecule has 0 bridgehead atoms. The molecule has 2 heterocycles. The highest BCUT2D eigenvalue weighted by Crippen LogP contribution is 2.28. The van der Waals surface area contributed by atoms with Crippen molar-refractivity contribution in [3.8, 4) is 11.3 Å². The van der Waals surface area contributed by atoms with E-state index in [0.29, 0.717) is 16.6 Å². The molecule has 0 unspecified atom stereocenters. The Morgan fingerprint density at radius 2 is 2.12 bits per heavy atom. The maximum absolute atomic E-state index is 6.15. The summed E-state index contributed by atoms with van der Waals surface area (Å²) < 4.78 is 1.81. The van der Waals surface area contributed by atoms with Gasteiger partial charge in [-0.1, -0.05) is 35.3 Å². The Balaban J connectivity index is 2.09. The van der Waals surface area contributed by atoms with Crippen LogP contribution in [0.4, 0.5) is 0 Å². The van der Waals surface area contributed by atoms with Crippen molar-refractivity contribution in [3.63, 3.8) is 0 Å². The Bertz CT molecular complexity index is 929. The van der Waals surface area contributed by atoms with E-state index in [1.807, 2.05) is 36.6 Å². The van der Waals surface area contributed by atoms with Gasteiger partial charge in [-0.25, -0.2) is 4.68 Å². The summed E-state index contributed by atoms with van der Waals surface area (Å²) in [7, 11) is 0. The zero-order chi connectivity index (χ0) is 16.9. The second-order valence-corrected chi connectivity index (χ2v) is 6.50. The Kier molecular flexibility index (Phi) is 5.45. The van der Waals surface area contributed by atoms with E-state index >= 15 is 0 Å². The highest BCUT2D eigenvalue weighted by atomic mass is 35.5. The van der Waals surface area contributed by atoms with Crippen LogP contribution in [0.3, 0.4) is 0 Å². The molecule has 0 saturated carbocycles. The normalized spacial score (nSPS) is 12.2. The number of halogens is 2. The van der Waals surface area contributed by atoms with Crippen LogP contribution in [-0.2, 0) is 0 Å². The van der Waals surface area contributed by atoms with E-state index in [4.69, 9.17) is 23.2 Å². The summed E-state index contributed by atoms with van der Waals surface area (Å²) in [6.45, 7) is 2.68. The standard InChI is InChI=1S/C17H14Cl2N4S/c1-2-21-17-23(22-10-12-4-3-7-20-9-12)16(11-24-17)13-5-6-14(18)15(19)8-13/h3-11H,2H2,1H3/b21-17?,22-10-. The Morgan fingerprint density at radius 3 is 2.83 bits per heavy atom. The van der Waals surface area contributed by atoms with E-state index in [-0.39, 0.29) is 0 Å². The third-order valence-corrected chi connectivity index (χ3v) is 4.79. The molecular weight excluding hydrogens is 363 g/mol. The van der Waals surface area contributed by atoms with Gasteiger partial charge >= 0.3 is 0 Å². The Morgan fingerprint density at radius 1 is 1.25 bits per heavy atom. The predicted molar refractivity (Wildman–Crippen MR) is 101 cm³/mol. The zero-order valence-corrected chi connectivity index (χ0v) is 15.2. The van der Waals surface area contributed by atoms with E-state index < -0.39 is 0 Å². The molecule has 0 spiro atoms. The lowest BCUT2D eigenvalue weighted by molar-refractivity contribution is 0.833. The van der Waals surface area contributed by atoms with Gasteiger partial charge in [-0.15, -0.1) is 11.3 Å². The molecule has 4 nitrogen and oxygen atoms in total. The van der Waals surface area contributed by atoms with Crippen molar-refractivity contribution in [2.45, 2.75) is 6.92 Å². The van der Waals surface area contributed by atoms with Gasteiger partial charge in [0, 0.05) is 35.4 Å². The smallest absolute Gasteiger partial charge is 0.206 e. The van der Waals surface area contributed by atoms with Crippen molar-refractivity contribution in [2.75, 3.05) is 6.54 Å². The molecule has 0 aliphatic heterocycles. The first kappa shape index (κ1) is 16.9. The molecule has 7 heteroatoms. The van der Waals surface area contributed by atoms with Gasteiger partial charge in [-0.05, 0) is 25.1 Å². The second-order valence-electron chi connectivity index (χ2n) is 4.85. The lowest BCUT2D eigenvalue weighted by atomic mass is 10.2. The molecule has 24 heavy (non-hydrogen) atoms. The first-order valence-electron chi connectivity index (χ1n) is 7.30. The summed E-state index contributed by atoms with van der Waals surface area (Å²) in [5.74, 6) is 0. The predicted octanol–water partition coefficient (Wildman–Crippen LogP) is 4.72. The molecule has 0 amide bonds. The van der Waals surface area contributed by atoms with E-state index in [0.717, 1.165) is 21.6 Å². The van der Waals surface area contributed by atoms with Crippen LogP contribution in [0, 0.1) is 0 Å². The first-order chi connectivity index (χ1) is 11.7. The van der Waals surface area contributed by atoms with Gasteiger partial charge in [-0.3, -0.25) is 9.98 Å². The number of rotatable bonds is 4. The van der Waals surface area contributed by atoms with Crippen LogP contribution in [0.1, 0.15) is 12.5 Å². The highest BCUT2D eigenvalue weighted by Gasteiger charge is 2.09. The minimum absolute atomic E-state index is 0.511. The monoisotopic (exact) mass is 376 g/mol. The van der Waals surface area contributed by atoms with Crippen LogP contribution in [0.5, 0.6) is 0 Å². The van der Waals surface area contributed by atoms with Crippen LogP contribution in [0.15, 0.2) is 58.2 Å². The minimum Gasteiger partial charge on any atom is -0.264 e. The molecule has 0 aliphatic carbocycles. The molecule has 0 fully saturated rings. The second kappa shape index (κ2) is 7.75. The molecular formula is C17H14Cl2N4S. The molecule has 0 aliphatic rings. The fourth-order valence-corrected chi connectivity index (χ4v) is 3.29. The fourth-order valence-electron chi connectivity index (χ4n) is 2.09.